The van der Waals surface area contributed by atoms with Crippen LogP contribution >= 0.6 is 0 Å². The van der Waals surface area contributed by atoms with Crippen molar-refractivity contribution in [2.24, 2.45) is 5.92 Å². The Morgan fingerprint density at radius 2 is 2.12 bits per heavy atom. The SMILES string of the molecule is C[C@@H](Oc1cc(-c2ccn(C(C)(C)C(=O)O)n2)cc2ncn(C3CC3)c12)[C@H]1CNC(=O)C1. The van der Waals surface area contributed by atoms with Crippen LogP contribution in [0, 0.1) is 5.92 Å². The molecule has 9 heteroatoms. The Hall–Kier alpha value is -3.36. The first-order valence-electron chi connectivity index (χ1n) is 11.0. The Bertz CT molecular complexity index is 1210. The number of aromatic nitrogens is 4. The number of rotatable bonds is 7. The van der Waals surface area contributed by atoms with Crippen LogP contribution < -0.4 is 10.1 Å². The van der Waals surface area contributed by atoms with E-state index in [4.69, 9.17) is 4.74 Å². The molecule has 1 aliphatic carbocycles. The first-order valence-corrected chi connectivity index (χ1v) is 11.0. The fraction of sp³-hybridized carbons (Fsp3) is 0.478. The quantitative estimate of drug-likeness (QED) is 0.588. The zero-order valence-electron chi connectivity index (χ0n) is 18.4. The van der Waals surface area contributed by atoms with E-state index in [2.05, 4.69) is 20.0 Å². The van der Waals surface area contributed by atoms with Crippen molar-refractivity contribution in [2.75, 3.05) is 6.54 Å². The highest BCUT2D eigenvalue weighted by molar-refractivity contribution is 5.88. The van der Waals surface area contributed by atoms with E-state index in [1.54, 1.807) is 26.1 Å². The van der Waals surface area contributed by atoms with Gasteiger partial charge in [-0.15, -0.1) is 0 Å². The van der Waals surface area contributed by atoms with Gasteiger partial charge in [0.2, 0.25) is 5.91 Å². The van der Waals surface area contributed by atoms with Crippen LogP contribution in [0.1, 0.15) is 46.1 Å². The zero-order chi connectivity index (χ0) is 22.6. The molecule has 3 aromatic rings. The molecule has 1 aliphatic heterocycles. The zero-order valence-corrected chi connectivity index (χ0v) is 18.4. The number of carbonyl (C=O) groups excluding carboxylic acids is 1. The van der Waals surface area contributed by atoms with Crippen molar-refractivity contribution in [3.63, 3.8) is 0 Å². The third-order valence-electron chi connectivity index (χ3n) is 6.54. The number of amides is 1. The Morgan fingerprint density at radius 1 is 1.34 bits per heavy atom. The normalized spacial score (nSPS) is 19.8. The molecular weight excluding hydrogens is 410 g/mol. The number of hydrogen-bond donors (Lipinski definition) is 2. The molecule has 2 N–H and O–H groups in total. The first kappa shape index (κ1) is 20.5. The number of carboxylic acids is 1. The van der Waals surface area contributed by atoms with E-state index in [1.807, 2.05) is 25.4 Å². The summed E-state index contributed by atoms with van der Waals surface area (Å²) in [4.78, 5) is 27.9. The Kier molecular flexibility index (Phi) is 4.72. The maximum absolute atomic E-state index is 11.7. The van der Waals surface area contributed by atoms with Gasteiger partial charge in [-0.25, -0.2) is 9.78 Å². The smallest absolute Gasteiger partial charge is 0.331 e. The summed E-state index contributed by atoms with van der Waals surface area (Å²) in [5.74, 6) is -0.0860. The van der Waals surface area contributed by atoms with E-state index in [0.717, 1.165) is 29.4 Å². The van der Waals surface area contributed by atoms with Gasteiger partial charge in [-0.05, 0) is 51.8 Å². The largest absolute Gasteiger partial charge is 0.488 e. The maximum atomic E-state index is 11.7. The summed E-state index contributed by atoms with van der Waals surface area (Å²) >= 11 is 0. The highest BCUT2D eigenvalue weighted by Crippen LogP contribution is 2.41. The molecule has 32 heavy (non-hydrogen) atoms. The second-order valence-electron chi connectivity index (χ2n) is 9.33. The third-order valence-corrected chi connectivity index (χ3v) is 6.54. The van der Waals surface area contributed by atoms with Gasteiger partial charge in [0.15, 0.2) is 5.54 Å². The van der Waals surface area contributed by atoms with E-state index in [-0.39, 0.29) is 17.9 Å². The second kappa shape index (κ2) is 7.36. The highest BCUT2D eigenvalue weighted by atomic mass is 16.5. The summed E-state index contributed by atoms with van der Waals surface area (Å²) in [5.41, 5.74) is 2.06. The number of hydrogen-bond acceptors (Lipinski definition) is 5. The molecule has 1 saturated heterocycles. The van der Waals surface area contributed by atoms with E-state index in [9.17, 15) is 14.7 Å². The van der Waals surface area contributed by atoms with Crippen LogP contribution in [-0.4, -0.2) is 49.0 Å². The van der Waals surface area contributed by atoms with Crippen molar-refractivity contribution >= 4 is 22.9 Å². The molecule has 1 aromatic carbocycles. The molecule has 168 valence electrons. The standard InChI is InChI=1S/C23H27N5O4/c1-13(15-10-20(29)24-11-15)32-19-9-14(8-18-21(19)27(12-25-18)16-4-5-16)17-6-7-28(26-17)23(2,3)22(30)31/h6-9,12-13,15-16H,4-5,10-11H2,1-3H3,(H,24,29)(H,30,31)/t13-,15-/m1/s1. The molecule has 1 amide bonds. The van der Waals surface area contributed by atoms with Crippen molar-refractivity contribution in [3.8, 4) is 17.0 Å². The van der Waals surface area contributed by atoms with Gasteiger partial charge in [0.05, 0.1) is 17.5 Å². The average Bonchev–Trinajstić information content (AvgIpc) is 3.15. The van der Waals surface area contributed by atoms with E-state index < -0.39 is 11.5 Å². The van der Waals surface area contributed by atoms with E-state index in [1.165, 1.54) is 4.68 Å². The molecule has 1 saturated carbocycles. The van der Waals surface area contributed by atoms with Gasteiger partial charge in [0.1, 0.15) is 17.4 Å². The lowest BCUT2D eigenvalue weighted by Gasteiger charge is -2.21. The van der Waals surface area contributed by atoms with Crippen LogP contribution in [0.25, 0.3) is 22.3 Å². The lowest BCUT2D eigenvalue weighted by atomic mass is 10.0. The van der Waals surface area contributed by atoms with Crippen LogP contribution in [0.3, 0.4) is 0 Å². The van der Waals surface area contributed by atoms with Gasteiger partial charge in [0.25, 0.3) is 0 Å². The molecule has 5 rings (SSSR count). The second-order valence-corrected chi connectivity index (χ2v) is 9.33. The summed E-state index contributed by atoms with van der Waals surface area (Å²) in [6.45, 7) is 5.82. The summed E-state index contributed by atoms with van der Waals surface area (Å²) in [5, 5.41) is 16.9. The van der Waals surface area contributed by atoms with Crippen molar-refractivity contribution in [2.45, 2.75) is 57.7 Å². The number of aliphatic carboxylic acids is 1. The Balaban J connectivity index is 1.54. The van der Waals surface area contributed by atoms with Gasteiger partial charge in [-0.3, -0.25) is 9.48 Å². The summed E-state index contributed by atoms with van der Waals surface area (Å²) in [6.07, 6.45) is 6.08. The van der Waals surface area contributed by atoms with Crippen molar-refractivity contribution in [1.29, 1.82) is 0 Å². The number of nitrogens with zero attached hydrogens (tertiary/aromatic N) is 4. The fourth-order valence-electron chi connectivity index (χ4n) is 4.14. The Morgan fingerprint density at radius 3 is 2.78 bits per heavy atom. The topological polar surface area (TPSA) is 111 Å². The number of ether oxygens (including phenoxy) is 1. The summed E-state index contributed by atoms with van der Waals surface area (Å²) in [7, 11) is 0. The van der Waals surface area contributed by atoms with E-state index in [0.29, 0.717) is 30.5 Å². The van der Waals surface area contributed by atoms with Gasteiger partial charge in [-0.2, -0.15) is 5.10 Å². The fourth-order valence-corrected chi connectivity index (χ4v) is 4.14. The number of imidazole rings is 1. The van der Waals surface area contributed by atoms with Crippen LogP contribution in [0.5, 0.6) is 5.75 Å². The molecule has 2 fully saturated rings. The maximum Gasteiger partial charge on any atom is 0.331 e. The minimum Gasteiger partial charge on any atom is -0.488 e. The van der Waals surface area contributed by atoms with E-state index >= 15 is 0 Å². The molecule has 0 bridgehead atoms. The van der Waals surface area contributed by atoms with Crippen LogP contribution in [-0.2, 0) is 15.1 Å². The minimum atomic E-state index is -1.16. The molecule has 0 radical (unpaired) electrons. The molecule has 0 spiro atoms. The number of carboxylic acid groups (broad SMARTS) is 1. The molecule has 0 unspecified atom stereocenters. The van der Waals surface area contributed by atoms with Gasteiger partial charge >= 0.3 is 5.97 Å². The highest BCUT2D eigenvalue weighted by Gasteiger charge is 2.32. The minimum absolute atomic E-state index is 0.0546. The molecule has 2 atom stereocenters. The summed E-state index contributed by atoms with van der Waals surface area (Å²) in [6, 6.07) is 6.15. The molecule has 2 aliphatic rings. The average molecular weight is 438 g/mol. The predicted octanol–water partition coefficient (Wildman–Crippen LogP) is 2.96. The lowest BCUT2D eigenvalue weighted by molar-refractivity contribution is -0.146. The van der Waals surface area contributed by atoms with Crippen LogP contribution in [0.2, 0.25) is 0 Å². The molecular formula is C23H27N5O4. The number of fused-ring (bicyclic) bond motifs is 1. The third kappa shape index (κ3) is 3.51. The molecule has 3 heterocycles. The van der Waals surface area contributed by atoms with Crippen molar-refractivity contribution in [1.82, 2.24) is 24.6 Å². The van der Waals surface area contributed by atoms with Crippen molar-refractivity contribution < 1.29 is 19.4 Å². The van der Waals surface area contributed by atoms with Gasteiger partial charge in [-0.1, -0.05) is 0 Å². The first-order chi connectivity index (χ1) is 15.2. The number of carbonyl (C=O) groups is 2. The molecule has 9 nitrogen and oxygen atoms in total. The monoisotopic (exact) mass is 437 g/mol. The number of benzene rings is 1. The van der Waals surface area contributed by atoms with Gasteiger partial charge in [0, 0.05) is 36.7 Å². The van der Waals surface area contributed by atoms with Gasteiger partial charge < -0.3 is 19.7 Å². The lowest BCUT2D eigenvalue weighted by Crippen LogP contribution is -2.36. The number of nitrogens with one attached hydrogen (secondary N) is 1. The van der Waals surface area contributed by atoms with Crippen LogP contribution in [0.15, 0.2) is 30.7 Å². The summed E-state index contributed by atoms with van der Waals surface area (Å²) < 4.78 is 10.1. The Labute approximate surface area is 185 Å². The van der Waals surface area contributed by atoms with Crippen LogP contribution in [0.4, 0.5) is 0 Å². The van der Waals surface area contributed by atoms with Crippen molar-refractivity contribution in [3.05, 3.63) is 30.7 Å². The predicted molar refractivity (Wildman–Crippen MR) is 117 cm³/mol. The molecule has 2 aromatic heterocycles.